The van der Waals surface area contributed by atoms with Crippen LogP contribution in [0.4, 0.5) is 21.0 Å². The van der Waals surface area contributed by atoms with Crippen molar-refractivity contribution in [3.63, 3.8) is 0 Å². The number of hydrogen-bond donors (Lipinski definition) is 0. The van der Waals surface area contributed by atoms with E-state index in [1.54, 1.807) is 15.9 Å². The maximum Gasteiger partial charge on any atom is 2.00 e. The van der Waals surface area contributed by atoms with Crippen molar-refractivity contribution in [3.05, 3.63) is 70.7 Å². The number of carbonyl (C=O) groups excluding carboxylic acids is 2. The number of halogens is 1. The number of amides is 2. The minimum absolute atomic E-state index is 0. The second-order valence-electron chi connectivity index (χ2n) is 13.0. The SMILES string of the molecule is CC(C)(C)OC(=O)N1CC2CC2c2cc(Br)ccc21.CC(C)(C)OC(=O)N1CC2CC2c2cc(C#N)ccc21.[C-]#N.[C-]#N.[Zn+2]. The van der Waals surface area contributed by atoms with Crippen molar-refractivity contribution in [2.45, 2.75) is 77.4 Å². The molecule has 0 saturated heterocycles. The normalized spacial score (nSPS) is 21.3. The molecule has 44 heavy (non-hydrogen) atoms. The third kappa shape index (κ3) is 8.81. The van der Waals surface area contributed by atoms with Crippen LogP contribution in [0.25, 0.3) is 0 Å². The van der Waals surface area contributed by atoms with Crippen molar-refractivity contribution >= 4 is 39.5 Å². The summed E-state index contributed by atoms with van der Waals surface area (Å²) in [6.07, 6.45) is 1.75. The van der Waals surface area contributed by atoms with Gasteiger partial charge >= 0.3 is 31.7 Å². The summed E-state index contributed by atoms with van der Waals surface area (Å²) in [5.74, 6) is 2.27. The van der Waals surface area contributed by atoms with Crippen LogP contribution in [-0.4, -0.2) is 36.5 Å². The van der Waals surface area contributed by atoms with Crippen LogP contribution >= 0.6 is 15.9 Å². The van der Waals surface area contributed by atoms with Gasteiger partial charge in [-0.05, 0) is 126 Å². The Morgan fingerprint density at radius 2 is 1.20 bits per heavy atom. The van der Waals surface area contributed by atoms with Crippen LogP contribution in [0.1, 0.15) is 82.9 Å². The Morgan fingerprint density at radius 1 is 0.795 bits per heavy atom. The van der Waals surface area contributed by atoms with E-state index in [-0.39, 0.29) is 31.7 Å². The van der Waals surface area contributed by atoms with E-state index in [0.717, 1.165) is 40.9 Å². The Balaban J connectivity index is 0.000000271. The average molecular weight is 712 g/mol. The van der Waals surface area contributed by atoms with Crippen molar-refractivity contribution in [2.24, 2.45) is 11.8 Å². The van der Waals surface area contributed by atoms with Gasteiger partial charge in [0.1, 0.15) is 11.2 Å². The van der Waals surface area contributed by atoms with Crippen LogP contribution in [0.3, 0.4) is 0 Å². The fourth-order valence-corrected chi connectivity index (χ4v) is 5.92. The summed E-state index contributed by atoms with van der Waals surface area (Å²) < 4.78 is 12.1. The zero-order chi connectivity index (χ0) is 32.3. The fourth-order valence-electron chi connectivity index (χ4n) is 5.54. The molecule has 9 nitrogen and oxygen atoms in total. The molecule has 6 rings (SSSR count). The molecule has 2 amide bonds. The molecule has 11 heteroatoms. The van der Waals surface area contributed by atoms with Crippen LogP contribution in [0.2, 0.25) is 0 Å². The van der Waals surface area contributed by atoms with E-state index >= 15 is 0 Å². The zero-order valence-electron chi connectivity index (χ0n) is 26.1. The summed E-state index contributed by atoms with van der Waals surface area (Å²) in [6, 6.07) is 13.8. The number of nitrogens with zero attached hydrogens (tertiary/aromatic N) is 5. The number of fused-ring (bicyclic) bond motifs is 6. The summed E-state index contributed by atoms with van der Waals surface area (Å²) in [7, 11) is 0. The summed E-state index contributed by atoms with van der Waals surface area (Å²) in [6.45, 7) is 22.3. The Bertz CT molecular complexity index is 1450. The van der Waals surface area contributed by atoms with Gasteiger partial charge in [0.25, 0.3) is 0 Å². The van der Waals surface area contributed by atoms with Crippen molar-refractivity contribution in [2.75, 3.05) is 22.9 Å². The first-order chi connectivity index (χ1) is 20.2. The molecule has 0 radical (unpaired) electrons. The molecule has 2 saturated carbocycles. The molecule has 0 aromatic heterocycles. The van der Waals surface area contributed by atoms with E-state index < -0.39 is 11.2 Å². The maximum atomic E-state index is 12.3. The molecule has 4 unspecified atom stereocenters. The minimum atomic E-state index is -0.496. The third-order valence-corrected chi connectivity index (χ3v) is 7.93. The average Bonchev–Trinajstić information content (AvgIpc) is 3.87. The zero-order valence-corrected chi connectivity index (χ0v) is 30.6. The Labute approximate surface area is 281 Å². The Hall–Kier alpha value is -3.45. The second-order valence-corrected chi connectivity index (χ2v) is 13.9. The molecule has 0 spiro atoms. The van der Waals surface area contributed by atoms with Crippen LogP contribution in [0.15, 0.2) is 40.9 Å². The van der Waals surface area contributed by atoms with Crippen molar-refractivity contribution in [1.29, 1.82) is 15.8 Å². The molecule has 2 fully saturated rings. The number of rotatable bonds is 0. The summed E-state index contributed by atoms with van der Waals surface area (Å²) in [5, 5.41) is 21.5. The molecule has 4 aliphatic rings. The van der Waals surface area contributed by atoms with E-state index in [2.05, 4.69) is 28.1 Å². The topological polar surface area (TPSA) is 130 Å². The quantitative estimate of drug-likeness (QED) is 0.201. The fraction of sp³-hybridized carbons (Fsp3) is 0.485. The molecule has 226 valence electrons. The third-order valence-electron chi connectivity index (χ3n) is 7.43. The van der Waals surface area contributed by atoms with Gasteiger partial charge in [-0.2, -0.15) is 5.26 Å². The first kappa shape index (κ1) is 36.7. The van der Waals surface area contributed by atoms with E-state index in [9.17, 15) is 9.59 Å². The molecule has 2 aromatic carbocycles. The summed E-state index contributed by atoms with van der Waals surface area (Å²) in [4.78, 5) is 28.2. The molecule has 2 aliphatic heterocycles. The Kier molecular flexibility index (Phi) is 12.2. The monoisotopic (exact) mass is 709 g/mol. The first-order valence-corrected chi connectivity index (χ1v) is 14.8. The molecular formula is C33H36BrN5O4Zn. The van der Waals surface area contributed by atoms with Gasteiger partial charge in [-0.1, -0.05) is 15.9 Å². The number of ether oxygens (including phenoxy) is 2. The number of benzene rings is 2. The van der Waals surface area contributed by atoms with Crippen molar-refractivity contribution < 1.29 is 38.5 Å². The van der Waals surface area contributed by atoms with Gasteiger partial charge in [-0.3, -0.25) is 9.80 Å². The van der Waals surface area contributed by atoms with E-state index in [1.165, 1.54) is 12.0 Å². The van der Waals surface area contributed by atoms with Gasteiger partial charge in [0.2, 0.25) is 0 Å². The molecule has 4 atom stereocenters. The largest absolute Gasteiger partial charge is 2.00 e. The van der Waals surface area contributed by atoms with Crippen LogP contribution in [-0.2, 0) is 29.0 Å². The second kappa shape index (κ2) is 14.6. The van der Waals surface area contributed by atoms with Gasteiger partial charge in [-0.15, -0.1) is 0 Å². The van der Waals surface area contributed by atoms with Gasteiger partial charge in [-0.25, -0.2) is 9.59 Å². The predicted molar refractivity (Wildman–Crippen MR) is 164 cm³/mol. The standard InChI is InChI=1S/C16H18N2O2.C15H18BrNO2.2CN.Zn/c1-16(2,3)20-15(19)18-9-11-7-12(11)13-6-10(8-17)4-5-14(13)18;1-15(2,3)19-14(18)17-8-9-6-11(9)12-7-10(16)4-5-13(12)17;2*1-2;/h4-6,11-12H,7,9H2,1-3H3;4-5,7,9,11H,6,8H2,1-3H3;;;/q;;2*-1;+2. The molecule has 0 bridgehead atoms. The van der Waals surface area contributed by atoms with Crippen LogP contribution in [0, 0.1) is 46.8 Å². The Morgan fingerprint density at radius 3 is 1.61 bits per heavy atom. The maximum absolute atomic E-state index is 12.3. The van der Waals surface area contributed by atoms with E-state index in [0.29, 0.717) is 29.2 Å². The van der Waals surface area contributed by atoms with Gasteiger partial charge < -0.3 is 33.1 Å². The minimum Gasteiger partial charge on any atom is -0.512 e. The smallest absolute Gasteiger partial charge is 0.512 e. The van der Waals surface area contributed by atoms with Crippen molar-refractivity contribution in [3.8, 4) is 6.07 Å². The number of anilines is 2. The van der Waals surface area contributed by atoms with E-state index in [4.69, 9.17) is 38.4 Å². The predicted octanol–water partition coefficient (Wildman–Crippen LogP) is 7.91. The molecular weight excluding hydrogens is 676 g/mol. The molecule has 2 aliphatic carbocycles. The van der Waals surface area contributed by atoms with Crippen LogP contribution < -0.4 is 9.80 Å². The number of hydrogen-bond acceptors (Lipinski definition) is 7. The van der Waals surface area contributed by atoms with Gasteiger partial charge in [0, 0.05) is 17.6 Å². The first-order valence-electron chi connectivity index (χ1n) is 14.0. The van der Waals surface area contributed by atoms with Crippen LogP contribution in [0.5, 0.6) is 0 Å². The van der Waals surface area contributed by atoms with Gasteiger partial charge in [0.15, 0.2) is 0 Å². The number of nitriles is 1. The summed E-state index contributed by atoms with van der Waals surface area (Å²) in [5.41, 5.74) is 4.01. The molecule has 0 N–H and O–H groups in total. The number of carbonyl (C=O) groups is 2. The van der Waals surface area contributed by atoms with Crippen molar-refractivity contribution in [1.82, 2.24) is 0 Å². The molecule has 2 aromatic rings. The molecule has 2 heterocycles. The van der Waals surface area contributed by atoms with E-state index in [1.807, 2.05) is 65.8 Å². The van der Waals surface area contributed by atoms with Gasteiger partial charge in [0.05, 0.1) is 23.0 Å². The summed E-state index contributed by atoms with van der Waals surface area (Å²) >= 11 is 3.51.